The van der Waals surface area contributed by atoms with Crippen LogP contribution in [0, 0.1) is 12.7 Å². The molecule has 1 atom stereocenters. The van der Waals surface area contributed by atoms with Gasteiger partial charge in [0, 0.05) is 23.4 Å². The van der Waals surface area contributed by atoms with Gasteiger partial charge in [-0.2, -0.15) is 0 Å². The standard InChI is InChI=1S/C26H22Cl2FNO5/c1-5-13(3)35-26(34)16-8-10-20(29)17(11-16)21-14(4)30(6-2)23(22(24(21)31)25(32)33)15-7-9-18(27)19(28)12-15/h5,7-13H,1,6H2,2-4H3,(H,32,33). The summed E-state index contributed by atoms with van der Waals surface area (Å²) in [4.78, 5) is 38.3. The van der Waals surface area contributed by atoms with Crippen LogP contribution in [0.15, 0.2) is 53.8 Å². The van der Waals surface area contributed by atoms with Crippen molar-refractivity contribution in [1.82, 2.24) is 4.57 Å². The first-order valence-corrected chi connectivity index (χ1v) is 11.4. The minimum atomic E-state index is -1.49. The van der Waals surface area contributed by atoms with Crippen LogP contribution in [-0.2, 0) is 11.3 Å². The van der Waals surface area contributed by atoms with Crippen LogP contribution in [0.3, 0.4) is 0 Å². The summed E-state index contributed by atoms with van der Waals surface area (Å²) in [5, 5.41) is 10.5. The zero-order valence-electron chi connectivity index (χ0n) is 19.2. The minimum absolute atomic E-state index is 0.00221. The Balaban J connectivity index is 2.36. The molecule has 0 amide bonds. The number of ether oxygens (including phenoxy) is 1. The number of carboxylic acids is 1. The Kier molecular flexibility index (Phi) is 7.83. The lowest BCUT2D eigenvalue weighted by Crippen LogP contribution is -2.25. The van der Waals surface area contributed by atoms with Gasteiger partial charge in [0.05, 0.1) is 26.9 Å². The maximum atomic E-state index is 15.0. The molecule has 3 aromatic rings. The Morgan fingerprint density at radius 1 is 1.20 bits per heavy atom. The molecule has 6 nitrogen and oxygen atoms in total. The molecule has 3 rings (SSSR count). The number of carbonyl (C=O) groups excluding carboxylic acids is 1. The molecule has 2 aromatic carbocycles. The quantitative estimate of drug-likeness (QED) is 0.290. The van der Waals surface area contributed by atoms with E-state index in [-0.39, 0.29) is 39.0 Å². The number of aromatic nitrogens is 1. The first kappa shape index (κ1) is 26.2. The first-order chi connectivity index (χ1) is 16.5. The van der Waals surface area contributed by atoms with E-state index in [1.54, 1.807) is 31.4 Å². The van der Waals surface area contributed by atoms with Crippen LogP contribution in [0.1, 0.15) is 40.3 Å². The molecule has 0 bridgehead atoms. The third-order valence-electron chi connectivity index (χ3n) is 5.55. The van der Waals surface area contributed by atoms with E-state index < -0.39 is 34.9 Å². The number of benzene rings is 2. The lowest BCUT2D eigenvalue weighted by molar-refractivity contribution is 0.0424. The maximum Gasteiger partial charge on any atom is 0.341 e. The van der Waals surface area contributed by atoms with Gasteiger partial charge in [-0.1, -0.05) is 41.9 Å². The Labute approximate surface area is 211 Å². The van der Waals surface area contributed by atoms with Crippen molar-refractivity contribution in [3.05, 3.63) is 92.0 Å². The molecular formula is C26H22Cl2FNO5. The zero-order chi connectivity index (χ0) is 26.0. The Bertz CT molecular complexity index is 1410. The van der Waals surface area contributed by atoms with Crippen LogP contribution < -0.4 is 5.43 Å². The van der Waals surface area contributed by atoms with Crippen molar-refractivity contribution >= 4 is 35.1 Å². The molecule has 182 valence electrons. The number of halogens is 3. The van der Waals surface area contributed by atoms with E-state index in [0.717, 1.165) is 6.07 Å². The van der Waals surface area contributed by atoms with Gasteiger partial charge in [0.15, 0.2) is 0 Å². The number of hydrogen-bond acceptors (Lipinski definition) is 4. The Hall–Kier alpha value is -3.42. The number of aromatic carboxylic acids is 1. The van der Waals surface area contributed by atoms with E-state index in [1.165, 1.54) is 30.3 Å². The third kappa shape index (κ3) is 5.01. The largest absolute Gasteiger partial charge is 0.477 e. The highest BCUT2D eigenvalue weighted by atomic mass is 35.5. The van der Waals surface area contributed by atoms with Crippen LogP contribution in [0.4, 0.5) is 4.39 Å². The van der Waals surface area contributed by atoms with Crippen molar-refractivity contribution in [2.75, 3.05) is 0 Å². The second-order valence-electron chi connectivity index (χ2n) is 7.73. The van der Waals surface area contributed by atoms with Crippen molar-refractivity contribution < 1.29 is 23.8 Å². The second-order valence-corrected chi connectivity index (χ2v) is 8.55. The van der Waals surface area contributed by atoms with Gasteiger partial charge < -0.3 is 14.4 Å². The number of esters is 1. The van der Waals surface area contributed by atoms with Gasteiger partial charge >= 0.3 is 11.9 Å². The summed E-state index contributed by atoms with van der Waals surface area (Å²) < 4.78 is 21.8. The maximum absolute atomic E-state index is 15.0. The minimum Gasteiger partial charge on any atom is -0.477 e. The summed E-state index contributed by atoms with van der Waals surface area (Å²) in [5.41, 5.74) is -1.05. The summed E-state index contributed by atoms with van der Waals surface area (Å²) in [6.45, 7) is 8.76. The highest BCUT2D eigenvalue weighted by Crippen LogP contribution is 2.34. The monoisotopic (exact) mass is 517 g/mol. The molecule has 1 heterocycles. The van der Waals surface area contributed by atoms with Gasteiger partial charge in [-0.3, -0.25) is 4.79 Å². The molecule has 0 aliphatic carbocycles. The fraction of sp³-hybridized carbons (Fsp3) is 0.192. The number of hydrogen-bond donors (Lipinski definition) is 1. The van der Waals surface area contributed by atoms with Crippen LogP contribution in [0.25, 0.3) is 22.4 Å². The van der Waals surface area contributed by atoms with Crippen molar-refractivity contribution in [2.24, 2.45) is 0 Å². The van der Waals surface area contributed by atoms with E-state index >= 15 is 4.39 Å². The normalized spacial score (nSPS) is 11.7. The first-order valence-electron chi connectivity index (χ1n) is 10.6. The Morgan fingerprint density at radius 3 is 2.46 bits per heavy atom. The molecule has 0 aliphatic rings. The van der Waals surface area contributed by atoms with Crippen molar-refractivity contribution in [2.45, 2.75) is 33.4 Å². The fourth-order valence-corrected chi connectivity index (χ4v) is 4.12. The molecule has 0 fully saturated rings. The molecule has 1 N–H and O–H groups in total. The van der Waals surface area contributed by atoms with Crippen molar-refractivity contribution in [3.8, 4) is 22.4 Å². The molecule has 35 heavy (non-hydrogen) atoms. The zero-order valence-corrected chi connectivity index (χ0v) is 20.7. The lowest BCUT2D eigenvalue weighted by Gasteiger charge is -2.21. The average Bonchev–Trinajstić information content (AvgIpc) is 2.81. The highest BCUT2D eigenvalue weighted by molar-refractivity contribution is 6.42. The van der Waals surface area contributed by atoms with E-state index in [1.807, 2.05) is 0 Å². The number of carbonyl (C=O) groups is 2. The summed E-state index contributed by atoms with van der Waals surface area (Å²) in [6, 6.07) is 7.96. The third-order valence-corrected chi connectivity index (χ3v) is 6.29. The SMILES string of the molecule is C=CC(C)OC(=O)c1ccc(F)c(-c2c(C)n(CC)c(-c3ccc(Cl)c(Cl)c3)c(C(=O)O)c2=O)c1. The van der Waals surface area contributed by atoms with Crippen LogP contribution >= 0.6 is 23.2 Å². The molecule has 1 unspecified atom stereocenters. The number of nitrogens with zero attached hydrogens (tertiary/aromatic N) is 1. The fourth-order valence-electron chi connectivity index (χ4n) is 3.82. The van der Waals surface area contributed by atoms with Crippen molar-refractivity contribution in [1.29, 1.82) is 0 Å². The number of carboxylic acid groups (broad SMARTS) is 1. The van der Waals surface area contributed by atoms with Gasteiger partial charge in [-0.25, -0.2) is 14.0 Å². The van der Waals surface area contributed by atoms with Gasteiger partial charge in [0.25, 0.3) is 0 Å². The predicted molar refractivity (Wildman–Crippen MR) is 134 cm³/mol. The van der Waals surface area contributed by atoms with Crippen LogP contribution in [0.5, 0.6) is 0 Å². The van der Waals surface area contributed by atoms with Crippen LogP contribution in [0.2, 0.25) is 10.0 Å². The molecule has 0 aliphatic heterocycles. The second kappa shape index (κ2) is 10.5. The molecule has 0 radical (unpaired) electrons. The smallest absolute Gasteiger partial charge is 0.341 e. The van der Waals surface area contributed by atoms with Crippen molar-refractivity contribution in [3.63, 3.8) is 0 Å². The average molecular weight is 518 g/mol. The number of rotatable bonds is 7. The van der Waals surface area contributed by atoms with Crippen LogP contribution in [-0.4, -0.2) is 27.7 Å². The van der Waals surface area contributed by atoms with E-state index in [4.69, 9.17) is 27.9 Å². The summed E-state index contributed by atoms with van der Waals surface area (Å²) in [7, 11) is 0. The number of pyridine rings is 1. The topological polar surface area (TPSA) is 85.6 Å². The molecule has 9 heteroatoms. The molecule has 0 saturated heterocycles. The Morgan fingerprint density at radius 2 is 1.89 bits per heavy atom. The lowest BCUT2D eigenvalue weighted by atomic mass is 9.95. The van der Waals surface area contributed by atoms with Gasteiger partial charge in [-0.05, 0) is 51.1 Å². The van der Waals surface area contributed by atoms with Gasteiger partial charge in [0.2, 0.25) is 5.43 Å². The molecule has 1 aromatic heterocycles. The molecular weight excluding hydrogens is 496 g/mol. The van der Waals surface area contributed by atoms with Gasteiger partial charge in [0.1, 0.15) is 17.5 Å². The van der Waals surface area contributed by atoms with E-state index in [9.17, 15) is 19.5 Å². The van der Waals surface area contributed by atoms with E-state index in [0.29, 0.717) is 11.3 Å². The predicted octanol–water partition coefficient (Wildman–Crippen LogP) is 6.39. The molecule has 0 saturated carbocycles. The van der Waals surface area contributed by atoms with E-state index in [2.05, 4.69) is 6.58 Å². The summed E-state index contributed by atoms with van der Waals surface area (Å²) in [6.07, 6.45) is 0.840. The molecule has 0 spiro atoms. The van der Waals surface area contributed by atoms with Gasteiger partial charge in [-0.15, -0.1) is 0 Å². The highest BCUT2D eigenvalue weighted by Gasteiger charge is 2.27. The summed E-state index contributed by atoms with van der Waals surface area (Å²) >= 11 is 12.2. The summed E-state index contributed by atoms with van der Waals surface area (Å²) in [5.74, 6) is -3.02.